The lowest BCUT2D eigenvalue weighted by Crippen LogP contribution is -2.36. The Morgan fingerprint density at radius 3 is 2.21 bits per heavy atom. The highest BCUT2D eigenvalue weighted by Crippen LogP contribution is 2.33. The number of rotatable bonds is 8. The van der Waals surface area contributed by atoms with E-state index in [0.29, 0.717) is 11.7 Å². The normalized spacial score (nSPS) is 13.8. The molecule has 1 amide bonds. The van der Waals surface area contributed by atoms with Crippen LogP contribution in [0, 0.1) is 5.92 Å². The zero-order valence-electron chi connectivity index (χ0n) is 22.4. The predicted octanol–water partition coefficient (Wildman–Crippen LogP) is 7.67. The third kappa shape index (κ3) is 5.91. The first kappa shape index (κ1) is 26.0. The topological polar surface area (TPSA) is 45.7 Å². The number of nitrogens with zero attached hydrogens (tertiary/aromatic N) is 3. The molecule has 4 aromatic rings. The molecule has 1 aliphatic rings. The summed E-state index contributed by atoms with van der Waals surface area (Å²) < 4.78 is 5.29. The summed E-state index contributed by atoms with van der Waals surface area (Å²) in [6.45, 7) is 0.541. The smallest absolute Gasteiger partial charge is 0.273 e. The molecule has 6 heteroatoms. The third-order valence-corrected chi connectivity index (χ3v) is 8.14. The average molecular weight is 526 g/mol. The molecule has 1 saturated carbocycles. The van der Waals surface area contributed by atoms with E-state index in [1.165, 1.54) is 34.6 Å². The lowest BCUT2D eigenvalue weighted by atomic mass is 9.88. The molecule has 0 aliphatic heterocycles. The molecule has 0 atom stereocenters. The molecule has 1 aliphatic carbocycles. The van der Waals surface area contributed by atoms with Gasteiger partial charge in [-0.2, -0.15) is 0 Å². The van der Waals surface area contributed by atoms with E-state index < -0.39 is 0 Å². The fourth-order valence-corrected chi connectivity index (χ4v) is 5.77. The van der Waals surface area contributed by atoms with Crippen LogP contribution >= 0.6 is 11.3 Å². The van der Waals surface area contributed by atoms with Gasteiger partial charge >= 0.3 is 0 Å². The average Bonchev–Trinajstić information content (AvgIpc) is 3.46. The molecule has 0 bridgehead atoms. The maximum absolute atomic E-state index is 13.9. The summed E-state index contributed by atoms with van der Waals surface area (Å²) in [7, 11) is 5.73. The molecule has 0 N–H and O–H groups in total. The number of hydrogen-bond donors (Lipinski definition) is 0. The van der Waals surface area contributed by atoms with Crippen LogP contribution in [0.3, 0.4) is 0 Å². The number of anilines is 2. The Balaban J connectivity index is 1.41. The molecule has 196 valence electrons. The summed E-state index contributed by atoms with van der Waals surface area (Å²) in [6.07, 6.45) is 5.43. The Bertz CT molecular complexity index is 1360. The SMILES string of the molecule is COc1nc(-c2cccc(N(Cc3ccc(-c4ccc(N(C)C)cc4)cc3)C(=O)C3CCCCC3)c2)cs1. The fourth-order valence-electron chi connectivity index (χ4n) is 5.12. The Labute approximate surface area is 229 Å². The highest BCUT2D eigenvalue weighted by atomic mass is 32.1. The summed E-state index contributed by atoms with van der Waals surface area (Å²) in [5.41, 5.74) is 7.41. The Morgan fingerprint density at radius 2 is 1.58 bits per heavy atom. The Kier molecular flexibility index (Phi) is 8.08. The highest BCUT2D eigenvalue weighted by molar-refractivity contribution is 7.11. The van der Waals surface area contributed by atoms with Crippen LogP contribution in [0.2, 0.25) is 0 Å². The van der Waals surface area contributed by atoms with E-state index in [1.54, 1.807) is 7.11 Å². The van der Waals surface area contributed by atoms with Crippen molar-refractivity contribution < 1.29 is 9.53 Å². The van der Waals surface area contributed by atoms with Gasteiger partial charge in [0.15, 0.2) is 0 Å². The van der Waals surface area contributed by atoms with E-state index in [0.717, 1.165) is 48.2 Å². The first-order valence-electron chi connectivity index (χ1n) is 13.3. The zero-order valence-corrected chi connectivity index (χ0v) is 23.2. The molecule has 0 saturated heterocycles. The molecule has 5 nitrogen and oxygen atoms in total. The summed E-state index contributed by atoms with van der Waals surface area (Å²) >= 11 is 1.48. The van der Waals surface area contributed by atoms with E-state index in [-0.39, 0.29) is 11.8 Å². The van der Waals surface area contributed by atoms with Crippen LogP contribution < -0.4 is 14.5 Å². The van der Waals surface area contributed by atoms with Crippen LogP contribution in [0.1, 0.15) is 37.7 Å². The van der Waals surface area contributed by atoms with Crippen molar-refractivity contribution >= 4 is 28.6 Å². The van der Waals surface area contributed by atoms with Gasteiger partial charge in [-0.25, -0.2) is 4.98 Å². The van der Waals surface area contributed by atoms with E-state index in [9.17, 15) is 4.79 Å². The van der Waals surface area contributed by atoms with Gasteiger partial charge in [-0.15, -0.1) is 0 Å². The molecule has 0 unspecified atom stereocenters. The van der Waals surface area contributed by atoms with Crippen LogP contribution in [0.5, 0.6) is 5.19 Å². The largest absolute Gasteiger partial charge is 0.473 e. The van der Waals surface area contributed by atoms with Crippen molar-refractivity contribution in [1.82, 2.24) is 4.98 Å². The Morgan fingerprint density at radius 1 is 0.895 bits per heavy atom. The van der Waals surface area contributed by atoms with Crippen molar-refractivity contribution in [1.29, 1.82) is 0 Å². The first-order valence-corrected chi connectivity index (χ1v) is 14.2. The second-order valence-corrected chi connectivity index (χ2v) is 11.0. The molecule has 0 spiro atoms. The van der Waals surface area contributed by atoms with Gasteiger partial charge in [-0.05, 0) is 53.8 Å². The lowest BCUT2D eigenvalue weighted by molar-refractivity contribution is -0.123. The molecule has 3 aromatic carbocycles. The lowest BCUT2D eigenvalue weighted by Gasteiger charge is -2.30. The zero-order chi connectivity index (χ0) is 26.5. The van der Waals surface area contributed by atoms with Crippen LogP contribution in [0.25, 0.3) is 22.4 Å². The maximum Gasteiger partial charge on any atom is 0.273 e. The van der Waals surface area contributed by atoms with Crippen LogP contribution in [0.4, 0.5) is 11.4 Å². The van der Waals surface area contributed by atoms with Crippen LogP contribution in [-0.4, -0.2) is 32.1 Å². The van der Waals surface area contributed by atoms with E-state index in [4.69, 9.17) is 4.74 Å². The Hall–Kier alpha value is -3.64. The maximum atomic E-state index is 13.9. The van der Waals surface area contributed by atoms with Crippen molar-refractivity contribution in [2.45, 2.75) is 38.6 Å². The predicted molar refractivity (Wildman–Crippen MR) is 158 cm³/mol. The number of benzene rings is 3. The first-order chi connectivity index (χ1) is 18.5. The number of aromatic nitrogens is 1. The van der Waals surface area contributed by atoms with Crippen molar-refractivity contribution in [3.8, 4) is 27.6 Å². The number of ether oxygens (including phenoxy) is 1. The molecule has 5 rings (SSSR count). The van der Waals surface area contributed by atoms with Crippen molar-refractivity contribution in [2.24, 2.45) is 5.92 Å². The summed E-state index contributed by atoms with van der Waals surface area (Å²) in [6, 6.07) is 25.3. The van der Waals surface area contributed by atoms with Gasteiger partial charge in [0.05, 0.1) is 19.3 Å². The molecule has 1 aromatic heterocycles. The fraction of sp³-hybridized carbons (Fsp3) is 0.312. The molecule has 38 heavy (non-hydrogen) atoms. The molecular formula is C32H35N3O2S. The number of hydrogen-bond acceptors (Lipinski definition) is 5. The van der Waals surface area contributed by atoms with Gasteiger partial charge < -0.3 is 14.5 Å². The summed E-state index contributed by atoms with van der Waals surface area (Å²) in [5.74, 6) is 0.308. The van der Waals surface area contributed by atoms with Gasteiger partial charge in [0.2, 0.25) is 5.91 Å². The van der Waals surface area contributed by atoms with Gasteiger partial charge in [-0.1, -0.05) is 79.1 Å². The standard InChI is InChI=1S/C32H35N3O2S/c1-34(2)28-18-16-25(17-19-28)24-14-12-23(13-15-24)21-35(31(36)26-8-5-4-6-9-26)29-11-7-10-27(20-29)30-22-38-32(33-30)37-3/h7,10-20,22,26H,4-6,8-9,21H2,1-3H3. The van der Waals surface area contributed by atoms with Crippen molar-refractivity contribution in [3.63, 3.8) is 0 Å². The summed E-state index contributed by atoms with van der Waals surface area (Å²) in [5, 5.41) is 2.63. The number of amides is 1. The minimum atomic E-state index is 0.0845. The van der Waals surface area contributed by atoms with Gasteiger partial charge in [0.25, 0.3) is 5.19 Å². The number of carbonyl (C=O) groups excluding carboxylic acids is 1. The van der Waals surface area contributed by atoms with E-state index in [1.807, 2.05) is 42.6 Å². The van der Waals surface area contributed by atoms with Gasteiger partial charge in [0, 0.05) is 42.3 Å². The minimum Gasteiger partial charge on any atom is -0.473 e. The highest BCUT2D eigenvalue weighted by Gasteiger charge is 2.27. The quantitative estimate of drug-likeness (QED) is 0.237. The van der Waals surface area contributed by atoms with Crippen LogP contribution in [0.15, 0.2) is 78.2 Å². The second kappa shape index (κ2) is 11.8. The molecule has 0 radical (unpaired) electrons. The monoisotopic (exact) mass is 525 g/mol. The van der Waals surface area contributed by atoms with Crippen LogP contribution in [-0.2, 0) is 11.3 Å². The van der Waals surface area contributed by atoms with Gasteiger partial charge in [-0.3, -0.25) is 4.79 Å². The van der Waals surface area contributed by atoms with Crippen molar-refractivity contribution in [3.05, 3.63) is 83.7 Å². The van der Waals surface area contributed by atoms with E-state index in [2.05, 4.69) is 64.5 Å². The van der Waals surface area contributed by atoms with Crippen molar-refractivity contribution in [2.75, 3.05) is 31.0 Å². The molecular weight excluding hydrogens is 490 g/mol. The third-order valence-electron chi connectivity index (χ3n) is 7.34. The summed E-state index contributed by atoms with van der Waals surface area (Å²) in [4.78, 5) is 22.5. The minimum absolute atomic E-state index is 0.0845. The number of thiazole rings is 1. The van der Waals surface area contributed by atoms with Gasteiger partial charge in [0.1, 0.15) is 0 Å². The molecule has 1 fully saturated rings. The number of methoxy groups -OCH3 is 1. The second-order valence-electron chi connectivity index (χ2n) is 10.2. The number of carbonyl (C=O) groups is 1. The van der Waals surface area contributed by atoms with E-state index >= 15 is 0 Å². The molecule has 1 heterocycles.